The van der Waals surface area contributed by atoms with Crippen LogP contribution in [0, 0.1) is 13.8 Å². The van der Waals surface area contributed by atoms with Gasteiger partial charge in [0.15, 0.2) is 11.5 Å². The molecule has 0 bridgehead atoms. The number of amides is 2. The fraction of sp³-hybridized carbons (Fsp3) is 0.300. The third kappa shape index (κ3) is 4.91. The molecule has 0 saturated carbocycles. The van der Waals surface area contributed by atoms with E-state index < -0.39 is 5.91 Å². The molecule has 0 aliphatic heterocycles. The van der Waals surface area contributed by atoms with Crippen molar-refractivity contribution in [1.29, 1.82) is 0 Å². The highest BCUT2D eigenvalue weighted by molar-refractivity contribution is 5.96. The van der Waals surface area contributed by atoms with Crippen molar-refractivity contribution in [3.63, 3.8) is 0 Å². The minimum Gasteiger partial charge on any atom is -0.493 e. The van der Waals surface area contributed by atoms with Crippen molar-refractivity contribution in [2.45, 2.75) is 20.3 Å². The molecule has 7 heteroatoms. The molecule has 0 aromatic heterocycles. The lowest BCUT2D eigenvalue weighted by molar-refractivity contribution is -0.121. The van der Waals surface area contributed by atoms with Gasteiger partial charge in [0.1, 0.15) is 0 Å². The van der Waals surface area contributed by atoms with Crippen LogP contribution >= 0.6 is 0 Å². The smallest absolute Gasteiger partial charge is 0.269 e. The van der Waals surface area contributed by atoms with E-state index in [0.29, 0.717) is 17.2 Å². The molecule has 2 aromatic carbocycles. The Bertz CT molecular complexity index is 823. The van der Waals surface area contributed by atoms with Gasteiger partial charge in [0.2, 0.25) is 11.7 Å². The summed E-state index contributed by atoms with van der Waals surface area (Å²) in [5.74, 6) is 0.268. The number of carbonyl (C=O) groups is 2. The quantitative estimate of drug-likeness (QED) is 0.760. The Morgan fingerprint density at radius 2 is 1.48 bits per heavy atom. The molecule has 7 nitrogen and oxygen atoms in total. The summed E-state index contributed by atoms with van der Waals surface area (Å²) in [5.41, 5.74) is 8.22. The summed E-state index contributed by atoms with van der Waals surface area (Å²) < 4.78 is 15.7. The Kier molecular flexibility index (Phi) is 6.65. The molecule has 0 spiro atoms. The van der Waals surface area contributed by atoms with Gasteiger partial charge >= 0.3 is 0 Å². The van der Waals surface area contributed by atoms with Crippen LogP contribution < -0.4 is 25.1 Å². The van der Waals surface area contributed by atoms with E-state index in [2.05, 4.69) is 10.9 Å². The zero-order chi connectivity index (χ0) is 20.0. The number of aryl methyl sites for hydroxylation is 2. The molecular formula is C20H24N2O5. The van der Waals surface area contributed by atoms with E-state index in [1.165, 1.54) is 33.5 Å². The predicted molar refractivity (Wildman–Crippen MR) is 101 cm³/mol. The number of methoxy groups -OCH3 is 3. The Hall–Kier alpha value is -3.22. The van der Waals surface area contributed by atoms with Gasteiger partial charge in [-0.2, -0.15) is 0 Å². The van der Waals surface area contributed by atoms with Crippen LogP contribution in [0.15, 0.2) is 30.3 Å². The molecule has 2 aromatic rings. The molecular weight excluding hydrogens is 348 g/mol. The first-order valence-corrected chi connectivity index (χ1v) is 8.35. The second-order valence-corrected chi connectivity index (χ2v) is 6.01. The minimum absolute atomic E-state index is 0.163. The van der Waals surface area contributed by atoms with E-state index in [4.69, 9.17) is 14.2 Å². The summed E-state index contributed by atoms with van der Waals surface area (Å²) in [6.07, 6.45) is 0.163. The molecule has 0 saturated heterocycles. The molecule has 2 N–H and O–H groups in total. The monoisotopic (exact) mass is 372 g/mol. The van der Waals surface area contributed by atoms with Crippen LogP contribution in [-0.4, -0.2) is 33.1 Å². The number of ether oxygens (including phenoxy) is 3. The molecule has 0 unspecified atom stereocenters. The van der Waals surface area contributed by atoms with Gasteiger partial charge in [0.05, 0.1) is 27.8 Å². The number of carbonyl (C=O) groups excluding carboxylic acids is 2. The largest absolute Gasteiger partial charge is 0.493 e. The first kappa shape index (κ1) is 20.1. The van der Waals surface area contributed by atoms with Crippen molar-refractivity contribution in [2.24, 2.45) is 0 Å². The number of hydrogen-bond donors (Lipinski definition) is 2. The maximum Gasteiger partial charge on any atom is 0.269 e. The average molecular weight is 372 g/mol. The van der Waals surface area contributed by atoms with E-state index >= 15 is 0 Å². The average Bonchev–Trinajstić information content (AvgIpc) is 2.67. The molecule has 2 amide bonds. The highest BCUT2D eigenvalue weighted by Gasteiger charge is 2.17. The summed E-state index contributed by atoms with van der Waals surface area (Å²) in [7, 11) is 4.40. The SMILES string of the molecule is COc1cc(C(=O)NNC(=O)Cc2ccc(C)c(C)c2)cc(OC)c1OC. The van der Waals surface area contributed by atoms with Crippen molar-refractivity contribution in [1.82, 2.24) is 10.9 Å². The van der Waals surface area contributed by atoms with E-state index in [-0.39, 0.29) is 17.9 Å². The lowest BCUT2D eigenvalue weighted by Crippen LogP contribution is -2.42. The molecule has 0 atom stereocenters. The fourth-order valence-electron chi connectivity index (χ4n) is 2.55. The zero-order valence-electron chi connectivity index (χ0n) is 16.1. The van der Waals surface area contributed by atoms with Gasteiger partial charge in [0.25, 0.3) is 5.91 Å². The van der Waals surface area contributed by atoms with E-state index in [1.54, 1.807) is 0 Å². The second-order valence-electron chi connectivity index (χ2n) is 6.01. The molecule has 2 rings (SSSR count). The summed E-state index contributed by atoms with van der Waals surface area (Å²) in [4.78, 5) is 24.5. The third-order valence-electron chi connectivity index (χ3n) is 4.18. The Balaban J connectivity index is 2.04. The van der Waals surface area contributed by atoms with Crippen LogP contribution in [0.4, 0.5) is 0 Å². The number of nitrogens with one attached hydrogen (secondary N) is 2. The van der Waals surface area contributed by atoms with E-state index in [1.807, 2.05) is 32.0 Å². The highest BCUT2D eigenvalue weighted by atomic mass is 16.5. The van der Waals surface area contributed by atoms with Crippen LogP contribution in [0.1, 0.15) is 27.0 Å². The van der Waals surface area contributed by atoms with Crippen LogP contribution in [0.2, 0.25) is 0 Å². The Morgan fingerprint density at radius 3 is 2.00 bits per heavy atom. The van der Waals surface area contributed by atoms with Crippen molar-refractivity contribution in [3.8, 4) is 17.2 Å². The Labute approximate surface area is 158 Å². The maximum atomic E-state index is 12.4. The molecule has 0 aliphatic carbocycles. The van der Waals surface area contributed by atoms with Gasteiger partial charge in [-0.05, 0) is 42.7 Å². The van der Waals surface area contributed by atoms with E-state index in [0.717, 1.165) is 16.7 Å². The van der Waals surface area contributed by atoms with Crippen LogP contribution in [0.3, 0.4) is 0 Å². The number of hydrazine groups is 1. The van der Waals surface area contributed by atoms with Gasteiger partial charge in [-0.1, -0.05) is 18.2 Å². The van der Waals surface area contributed by atoms with Crippen LogP contribution in [0.25, 0.3) is 0 Å². The second kappa shape index (κ2) is 8.93. The number of hydrogen-bond acceptors (Lipinski definition) is 5. The standard InChI is InChI=1S/C20H24N2O5/c1-12-6-7-14(8-13(12)2)9-18(23)21-22-20(24)15-10-16(25-3)19(27-5)17(11-15)26-4/h6-8,10-11H,9H2,1-5H3,(H,21,23)(H,22,24). The third-order valence-corrected chi connectivity index (χ3v) is 4.18. The number of rotatable bonds is 6. The van der Waals surface area contributed by atoms with Crippen molar-refractivity contribution >= 4 is 11.8 Å². The van der Waals surface area contributed by atoms with E-state index in [9.17, 15) is 9.59 Å². The van der Waals surface area contributed by atoms with Gasteiger partial charge in [-0.15, -0.1) is 0 Å². The summed E-state index contributed by atoms with van der Waals surface area (Å²) in [6.45, 7) is 4.00. The molecule has 0 fully saturated rings. The lowest BCUT2D eigenvalue weighted by Gasteiger charge is -2.14. The van der Waals surface area contributed by atoms with Crippen molar-refractivity contribution in [2.75, 3.05) is 21.3 Å². The van der Waals surface area contributed by atoms with Gasteiger partial charge in [-0.3, -0.25) is 20.4 Å². The zero-order valence-corrected chi connectivity index (χ0v) is 16.1. The number of benzene rings is 2. The Morgan fingerprint density at radius 1 is 0.852 bits per heavy atom. The van der Waals surface area contributed by atoms with Crippen molar-refractivity contribution < 1.29 is 23.8 Å². The van der Waals surface area contributed by atoms with Gasteiger partial charge < -0.3 is 14.2 Å². The molecule has 144 valence electrons. The summed E-state index contributed by atoms with van der Waals surface area (Å²) in [5, 5.41) is 0. The highest BCUT2D eigenvalue weighted by Crippen LogP contribution is 2.38. The normalized spacial score (nSPS) is 10.1. The molecule has 0 aliphatic rings. The minimum atomic E-state index is -0.498. The first-order chi connectivity index (χ1) is 12.9. The van der Waals surface area contributed by atoms with Crippen LogP contribution in [0.5, 0.6) is 17.2 Å². The maximum absolute atomic E-state index is 12.4. The summed E-state index contributed by atoms with van der Waals surface area (Å²) >= 11 is 0. The fourth-order valence-corrected chi connectivity index (χ4v) is 2.55. The van der Waals surface area contributed by atoms with Gasteiger partial charge in [0, 0.05) is 5.56 Å². The lowest BCUT2D eigenvalue weighted by atomic mass is 10.0. The predicted octanol–water partition coefficient (Wildman–Crippen LogP) is 2.33. The molecule has 0 heterocycles. The topological polar surface area (TPSA) is 85.9 Å². The first-order valence-electron chi connectivity index (χ1n) is 8.35. The molecule has 0 radical (unpaired) electrons. The van der Waals surface area contributed by atoms with Crippen molar-refractivity contribution in [3.05, 3.63) is 52.6 Å². The van der Waals surface area contributed by atoms with Gasteiger partial charge in [-0.25, -0.2) is 0 Å². The van der Waals surface area contributed by atoms with Crippen LogP contribution in [-0.2, 0) is 11.2 Å². The summed E-state index contributed by atoms with van der Waals surface area (Å²) in [6, 6.07) is 8.82. The molecule has 27 heavy (non-hydrogen) atoms.